The van der Waals surface area contributed by atoms with Crippen molar-refractivity contribution in [2.75, 3.05) is 39.3 Å². The first-order valence-electron chi connectivity index (χ1n) is 8.51. The number of hydrogen-bond acceptors (Lipinski definition) is 4. The fraction of sp³-hybridized carbons (Fsp3) is 1.00. The third kappa shape index (κ3) is 3.73. The molecule has 3 fully saturated rings. The molecule has 0 bridgehead atoms. The second-order valence-electron chi connectivity index (χ2n) is 7.21. The zero-order chi connectivity index (χ0) is 13.9. The van der Waals surface area contributed by atoms with Gasteiger partial charge in [0.2, 0.25) is 0 Å². The fourth-order valence-electron chi connectivity index (χ4n) is 4.40. The van der Waals surface area contributed by atoms with Crippen molar-refractivity contribution >= 4 is 0 Å². The molecule has 2 aliphatic heterocycles. The molecular weight excluding hydrogens is 252 g/mol. The first kappa shape index (κ1) is 14.8. The highest BCUT2D eigenvalue weighted by Crippen LogP contribution is 2.33. The van der Waals surface area contributed by atoms with Gasteiger partial charge in [-0.25, -0.2) is 0 Å². The first-order chi connectivity index (χ1) is 9.70. The molecule has 0 spiro atoms. The van der Waals surface area contributed by atoms with Gasteiger partial charge in [-0.05, 0) is 24.7 Å². The summed E-state index contributed by atoms with van der Waals surface area (Å²) in [6, 6.07) is 0. The fourth-order valence-corrected chi connectivity index (χ4v) is 4.40. The standard InChI is InChI=1S/C16H30N2O2/c19-15-5-7-17(11-15)9-14(13-3-1-2-4-13)10-18-8-6-16(20)12-18/h13-16,19-20H,1-12H2/t15-,16-/m0/s1. The second kappa shape index (κ2) is 6.73. The molecule has 20 heavy (non-hydrogen) atoms. The number of aliphatic hydroxyl groups excluding tert-OH is 2. The number of nitrogens with zero attached hydrogens (tertiary/aromatic N) is 2. The summed E-state index contributed by atoms with van der Waals surface area (Å²) in [5.74, 6) is 1.60. The summed E-state index contributed by atoms with van der Waals surface area (Å²) < 4.78 is 0. The molecule has 2 atom stereocenters. The average molecular weight is 282 g/mol. The van der Waals surface area contributed by atoms with E-state index >= 15 is 0 Å². The van der Waals surface area contributed by atoms with E-state index in [2.05, 4.69) is 9.80 Å². The molecule has 1 saturated carbocycles. The number of hydrogen-bond donors (Lipinski definition) is 2. The zero-order valence-corrected chi connectivity index (χ0v) is 12.6. The molecule has 4 nitrogen and oxygen atoms in total. The highest BCUT2D eigenvalue weighted by atomic mass is 16.3. The molecule has 2 heterocycles. The Kier molecular flexibility index (Phi) is 4.97. The third-order valence-electron chi connectivity index (χ3n) is 5.55. The number of likely N-dealkylation sites (tertiary alicyclic amines) is 2. The molecule has 4 heteroatoms. The van der Waals surface area contributed by atoms with Crippen molar-refractivity contribution in [3.8, 4) is 0 Å². The summed E-state index contributed by atoms with van der Waals surface area (Å²) in [5.41, 5.74) is 0. The van der Waals surface area contributed by atoms with Crippen LogP contribution >= 0.6 is 0 Å². The molecule has 2 saturated heterocycles. The Labute approximate surface area is 122 Å². The molecule has 3 rings (SSSR count). The lowest BCUT2D eigenvalue weighted by molar-refractivity contribution is 0.130. The third-order valence-corrected chi connectivity index (χ3v) is 5.55. The van der Waals surface area contributed by atoms with E-state index in [1.807, 2.05) is 0 Å². The summed E-state index contributed by atoms with van der Waals surface area (Å²) in [6.45, 7) is 6.15. The van der Waals surface area contributed by atoms with Crippen LogP contribution in [0.4, 0.5) is 0 Å². The van der Waals surface area contributed by atoms with E-state index in [4.69, 9.17) is 0 Å². The van der Waals surface area contributed by atoms with Gasteiger partial charge < -0.3 is 20.0 Å². The molecule has 0 amide bonds. The maximum Gasteiger partial charge on any atom is 0.0679 e. The summed E-state index contributed by atoms with van der Waals surface area (Å²) in [6.07, 6.45) is 7.24. The second-order valence-corrected chi connectivity index (χ2v) is 7.21. The molecule has 0 aromatic heterocycles. The Morgan fingerprint density at radius 2 is 1.30 bits per heavy atom. The molecule has 2 N–H and O–H groups in total. The van der Waals surface area contributed by atoms with Crippen LogP contribution in [0.15, 0.2) is 0 Å². The van der Waals surface area contributed by atoms with Gasteiger partial charge in [0, 0.05) is 39.3 Å². The van der Waals surface area contributed by atoms with Crippen LogP contribution in [0.1, 0.15) is 38.5 Å². The Morgan fingerprint density at radius 1 is 0.800 bits per heavy atom. The normalized spacial score (nSPS) is 33.8. The van der Waals surface area contributed by atoms with Crippen molar-refractivity contribution in [1.82, 2.24) is 9.80 Å². The first-order valence-corrected chi connectivity index (χ1v) is 8.51. The van der Waals surface area contributed by atoms with E-state index < -0.39 is 0 Å². The topological polar surface area (TPSA) is 46.9 Å². The lowest BCUT2D eigenvalue weighted by Gasteiger charge is -2.31. The Bertz CT molecular complexity index is 285. The summed E-state index contributed by atoms with van der Waals surface area (Å²) in [4.78, 5) is 4.92. The van der Waals surface area contributed by atoms with Gasteiger partial charge in [-0.15, -0.1) is 0 Å². The van der Waals surface area contributed by atoms with E-state index in [1.165, 1.54) is 25.7 Å². The van der Waals surface area contributed by atoms with Gasteiger partial charge in [0.25, 0.3) is 0 Å². The Hall–Kier alpha value is -0.160. The van der Waals surface area contributed by atoms with Gasteiger partial charge in [0.15, 0.2) is 0 Å². The minimum atomic E-state index is -0.104. The molecule has 0 radical (unpaired) electrons. The summed E-state index contributed by atoms with van der Waals surface area (Å²) in [5, 5.41) is 19.4. The maximum absolute atomic E-state index is 9.71. The minimum absolute atomic E-state index is 0.104. The van der Waals surface area contributed by atoms with Crippen LogP contribution in [-0.2, 0) is 0 Å². The van der Waals surface area contributed by atoms with Gasteiger partial charge >= 0.3 is 0 Å². The van der Waals surface area contributed by atoms with Crippen LogP contribution in [-0.4, -0.2) is 71.5 Å². The predicted molar refractivity (Wildman–Crippen MR) is 79.6 cm³/mol. The Balaban J connectivity index is 1.55. The van der Waals surface area contributed by atoms with Gasteiger partial charge in [0.1, 0.15) is 0 Å². The highest BCUT2D eigenvalue weighted by molar-refractivity contribution is 4.85. The summed E-state index contributed by atoms with van der Waals surface area (Å²) >= 11 is 0. The Morgan fingerprint density at radius 3 is 1.70 bits per heavy atom. The van der Waals surface area contributed by atoms with Crippen LogP contribution < -0.4 is 0 Å². The van der Waals surface area contributed by atoms with Crippen LogP contribution in [0.25, 0.3) is 0 Å². The van der Waals surface area contributed by atoms with E-state index in [1.54, 1.807) is 0 Å². The molecule has 0 aromatic carbocycles. The SMILES string of the molecule is O[C@H]1CCN(CC(CN2CC[C@H](O)C2)C2CCCC2)C1. The van der Waals surface area contributed by atoms with Crippen LogP contribution in [0.3, 0.4) is 0 Å². The van der Waals surface area contributed by atoms with Gasteiger partial charge in [0.05, 0.1) is 12.2 Å². The molecule has 3 aliphatic rings. The predicted octanol–water partition coefficient (Wildman–Crippen LogP) is 0.926. The molecule has 0 unspecified atom stereocenters. The van der Waals surface area contributed by atoms with Gasteiger partial charge in [-0.1, -0.05) is 25.7 Å². The number of rotatable bonds is 5. The highest BCUT2D eigenvalue weighted by Gasteiger charge is 2.32. The van der Waals surface area contributed by atoms with Crippen molar-refractivity contribution in [3.63, 3.8) is 0 Å². The van der Waals surface area contributed by atoms with Crippen molar-refractivity contribution in [2.24, 2.45) is 11.8 Å². The van der Waals surface area contributed by atoms with E-state index in [0.29, 0.717) is 0 Å². The van der Waals surface area contributed by atoms with Crippen LogP contribution in [0.2, 0.25) is 0 Å². The van der Waals surface area contributed by atoms with Gasteiger partial charge in [-0.3, -0.25) is 0 Å². The van der Waals surface area contributed by atoms with Crippen molar-refractivity contribution in [1.29, 1.82) is 0 Å². The number of aliphatic hydroxyl groups is 2. The molecule has 0 aromatic rings. The molecular formula is C16H30N2O2. The van der Waals surface area contributed by atoms with Crippen molar-refractivity contribution < 1.29 is 10.2 Å². The molecule has 1 aliphatic carbocycles. The van der Waals surface area contributed by atoms with E-state index in [-0.39, 0.29) is 12.2 Å². The number of β-amino-alcohol motifs (C(OH)–C–C–N with tert-alkyl or cyclic N) is 2. The average Bonchev–Trinajstić information content (AvgIpc) is 3.11. The maximum atomic E-state index is 9.71. The van der Waals surface area contributed by atoms with Crippen molar-refractivity contribution in [2.45, 2.75) is 50.7 Å². The quantitative estimate of drug-likeness (QED) is 0.787. The summed E-state index contributed by atoms with van der Waals surface area (Å²) in [7, 11) is 0. The van der Waals surface area contributed by atoms with Crippen LogP contribution in [0.5, 0.6) is 0 Å². The van der Waals surface area contributed by atoms with E-state index in [0.717, 1.165) is 63.9 Å². The lowest BCUT2D eigenvalue weighted by Crippen LogP contribution is -2.39. The zero-order valence-electron chi connectivity index (χ0n) is 12.6. The molecule has 116 valence electrons. The minimum Gasteiger partial charge on any atom is -0.392 e. The monoisotopic (exact) mass is 282 g/mol. The van der Waals surface area contributed by atoms with E-state index in [9.17, 15) is 10.2 Å². The van der Waals surface area contributed by atoms with Gasteiger partial charge in [-0.2, -0.15) is 0 Å². The smallest absolute Gasteiger partial charge is 0.0679 e. The van der Waals surface area contributed by atoms with Crippen LogP contribution in [0, 0.1) is 11.8 Å². The largest absolute Gasteiger partial charge is 0.392 e. The lowest BCUT2D eigenvalue weighted by atomic mass is 9.89. The van der Waals surface area contributed by atoms with Crippen molar-refractivity contribution in [3.05, 3.63) is 0 Å².